The Morgan fingerprint density at radius 2 is 2.40 bits per heavy atom. The Morgan fingerprint density at radius 3 is 3.07 bits per heavy atom. The zero-order valence-electron chi connectivity index (χ0n) is 11.9. The minimum atomic E-state index is -0.490. The Hall–Kier alpha value is -1.12. The Labute approximate surface area is 95.4 Å². The summed E-state index contributed by atoms with van der Waals surface area (Å²) < 4.78 is 21.1. The summed E-state index contributed by atoms with van der Waals surface area (Å²) in [5.74, 6) is 0. The third-order valence-corrected chi connectivity index (χ3v) is 2.37. The van der Waals surface area contributed by atoms with Crippen LogP contribution in [0.1, 0.15) is 28.1 Å². The predicted molar refractivity (Wildman–Crippen MR) is 61.7 cm³/mol. The molecule has 0 aliphatic heterocycles. The Bertz CT molecular complexity index is 375. The van der Waals surface area contributed by atoms with Crippen LogP contribution in [0.2, 0.25) is 0 Å². The second-order valence-corrected chi connectivity index (χ2v) is 3.65. The van der Waals surface area contributed by atoms with Gasteiger partial charge in [-0.15, -0.1) is 0 Å². The van der Waals surface area contributed by atoms with E-state index in [1.165, 1.54) is 5.56 Å². The molecule has 0 aliphatic rings. The van der Waals surface area contributed by atoms with Crippen molar-refractivity contribution in [3.63, 3.8) is 0 Å². The van der Waals surface area contributed by atoms with Crippen LogP contribution in [0.15, 0.2) is 42.4 Å². The number of hydrogen-bond acceptors (Lipinski definition) is 2. The summed E-state index contributed by atoms with van der Waals surface area (Å²) in [5.41, 5.74) is 1.72. The van der Waals surface area contributed by atoms with Crippen LogP contribution in [0.25, 0.3) is 1.43 Å². The molecule has 0 bridgehead atoms. The number of benzene rings is 1. The van der Waals surface area contributed by atoms with Crippen molar-refractivity contribution in [3.05, 3.63) is 48.0 Å². The maximum absolute atomic E-state index is 7.24. The third kappa shape index (κ3) is 4.28. The molecule has 0 saturated carbocycles. The second kappa shape index (κ2) is 6.38. The van der Waals surface area contributed by atoms with Crippen molar-refractivity contribution in [1.29, 1.82) is 1.43 Å². The van der Waals surface area contributed by atoms with Gasteiger partial charge in [-0.25, -0.2) is 4.89 Å². The largest absolute Gasteiger partial charge is 0.255 e. The van der Waals surface area contributed by atoms with Gasteiger partial charge in [0, 0.05) is 0 Å². The van der Waals surface area contributed by atoms with Gasteiger partial charge in [-0.3, -0.25) is 5.26 Å². The molecule has 15 heavy (non-hydrogen) atoms. The van der Waals surface area contributed by atoms with Crippen LogP contribution in [0, 0.1) is 0 Å². The molecule has 82 valence electrons. The van der Waals surface area contributed by atoms with E-state index in [1.807, 2.05) is 18.2 Å². The molecule has 0 aliphatic carbocycles. The summed E-state index contributed by atoms with van der Waals surface area (Å²) in [6.45, 7) is 1.37. The van der Waals surface area contributed by atoms with Gasteiger partial charge < -0.3 is 0 Å². The van der Waals surface area contributed by atoms with Gasteiger partial charge in [0.2, 0.25) is 0 Å². The molecule has 1 atom stereocenters. The van der Waals surface area contributed by atoms with Crippen LogP contribution < -0.4 is 0 Å². The second-order valence-electron chi connectivity index (χ2n) is 3.65. The molecule has 0 aromatic heterocycles. The molecule has 1 rings (SSSR count). The molecule has 0 saturated heterocycles. The molecular weight excluding hydrogens is 188 g/mol. The summed E-state index contributed by atoms with van der Waals surface area (Å²) in [6, 6.07) is 10.1. The summed E-state index contributed by atoms with van der Waals surface area (Å²) in [6.07, 6.45) is 1.89. The zero-order chi connectivity index (χ0) is 13.4. The van der Waals surface area contributed by atoms with Crippen molar-refractivity contribution < 1.29 is 12.9 Å². The topological polar surface area (TPSA) is 29.5 Å². The summed E-state index contributed by atoms with van der Waals surface area (Å²) in [5, 5.41) is 3.93. The standard InChI is InChI=1S/C13H18O2/c1-11(2)13(15-14)10-6-9-12-7-4-3-5-8-12/h3-5,7-8,13-14H,1,6,9-10H2,2H3/i1D2/hD. The van der Waals surface area contributed by atoms with Crippen LogP contribution >= 0.6 is 0 Å². The molecule has 0 spiro atoms. The van der Waals surface area contributed by atoms with Gasteiger partial charge in [0.1, 0.15) is 6.10 Å². The highest BCUT2D eigenvalue weighted by Crippen LogP contribution is 2.12. The Kier molecular flexibility index (Phi) is 3.44. The van der Waals surface area contributed by atoms with Gasteiger partial charge in [-0.1, -0.05) is 36.9 Å². The van der Waals surface area contributed by atoms with Crippen LogP contribution in [0.3, 0.4) is 0 Å². The van der Waals surface area contributed by atoms with E-state index in [9.17, 15) is 0 Å². The lowest BCUT2D eigenvalue weighted by Gasteiger charge is -2.12. The van der Waals surface area contributed by atoms with Gasteiger partial charge in [-0.2, -0.15) is 0 Å². The molecule has 1 aromatic rings. The number of hydrogen-bond donors (Lipinski definition) is 1. The first kappa shape index (κ1) is 8.08. The van der Waals surface area contributed by atoms with Crippen LogP contribution in [-0.4, -0.2) is 11.4 Å². The van der Waals surface area contributed by atoms with E-state index in [0.717, 1.165) is 12.8 Å². The molecule has 0 amide bonds. The molecule has 2 nitrogen and oxygen atoms in total. The van der Waals surface area contributed by atoms with Crippen molar-refractivity contribution in [3.8, 4) is 0 Å². The highest BCUT2D eigenvalue weighted by atomic mass is 17.1. The summed E-state index contributed by atoms with van der Waals surface area (Å²) >= 11 is 0. The van der Waals surface area contributed by atoms with E-state index in [4.69, 9.17) is 9.06 Å². The number of aryl methyl sites for hydroxylation is 1. The average Bonchev–Trinajstić information content (AvgIpc) is 2.38. The van der Waals surface area contributed by atoms with Crippen molar-refractivity contribution in [2.45, 2.75) is 32.3 Å². The summed E-state index contributed by atoms with van der Waals surface area (Å²) in [4.78, 5) is 4.77. The number of rotatable bonds is 7. The fraction of sp³-hybridized carbons (Fsp3) is 0.385. The molecule has 2 heteroatoms. The van der Waals surface area contributed by atoms with E-state index in [1.54, 1.807) is 6.92 Å². The lowest BCUT2D eigenvalue weighted by atomic mass is 10.0. The van der Waals surface area contributed by atoms with Gasteiger partial charge >= 0.3 is 0 Å². The van der Waals surface area contributed by atoms with E-state index in [0.29, 0.717) is 12.0 Å². The predicted octanol–water partition coefficient (Wildman–Crippen LogP) is 3.44. The van der Waals surface area contributed by atoms with Crippen molar-refractivity contribution in [2.75, 3.05) is 0 Å². The normalized spacial score (nSPS) is 14.9. The smallest absolute Gasteiger partial charge is 0.251 e. The lowest BCUT2D eigenvalue weighted by molar-refractivity contribution is -0.269. The molecule has 1 N–H and O–H groups in total. The first-order valence-corrected chi connectivity index (χ1v) is 5.11. The van der Waals surface area contributed by atoms with Gasteiger partial charge in [0.25, 0.3) is 1.43 Å². The Morgan fingerprint density at radius 1 is 1.60 bits per heavy atom. The highest BCUT2D eigenvalue weighted by Gasteiger charge is 2.08. The molecule has 0 radical (unpaired) electrons. The van der Waals surface area contributed by atoms with E-state index in [-0.39, 0.29) is 6.53 Å². The van der Waals surface area contributed by atoms with Crippen molar-refractivity contribution in [1.82, 2.24) is 0 Å². The molecule has 0 fully saturated rings. The maximum atomic E-state index is 7.24. The lowest BCUT2D eigenvalue weighted by Crippen LogP contribution is -2.11. The molecule has 1 aromatic carbocycles. The monoisotopic (exact) mass is 209 g/mol. The zero-order valence-corrected chi connectivity index (χ0v) is 8.90. The van der Waals surface area contributed by atoms with Gasteiger partial charge in [-0.05, 0) is 37.3 Å². The van der Waals surface area contributed by atoms with E-state index < -0.39 is 6.10 Å². The highest BCUT2D eigenvalue weighted by molar-refractivity contribution is 5.14. The van der Waals surface area contributed by atoms with E-state index >= 15 is 0 Å². The van der Waals surface area contributed by atoms with Crippen molar-refractivity contribution in [2.24, 2.45) is 0 Å². The van der Waals surface area contributed by atoms with Crippen LogP contribution in [0.5, 0.6) is 0 Å². The van der Waals surface area contributed by atoms with Gasteiger partial charge in [0.05, 0.1) is 2.74 Å². The van der Waals surface area contributed by atoms with E-state index in [2.05, 4.69) is 17.4 Å². The minimum absolute atomic E-state index is 0.281. The third-order valence-electron chi connectivity index (χ3n) is 2.37. The SMILES string of the molecule is [2H]OOC(CCCc1ccccc1)C(C)=C([2H])[2H]. The first-order valence-electron chi connectivity index (χ1n) is 6.52. The minimum Gasteiger partial charge on any atom is -0.251 e. The Balaban J connectivity index is 2.46. The molecular formula is C13H18O2. The molecule has 1 unspecified atom stereocenters. The average molecular weight is 209 g/mol. The van der Waals surface area contributed by atoms with Crippen LogP contribution in [-0.2, 0) is 11.3 Å². The quantitative estimate of drug-likeness (QED) is 0.423. The van der Waals surface area contributed by atoms with Crippen LogP contribution in [0.4, 0.5) is 0 Å². The summed E-state index contributed by atoms with van der Waals surface area (Å²) in [7, 11) is 0. The fourth-order valence-electron chi connectivity index (χ4n) is 1.47. The maximum Gasteiger partial charge on any atom is 0.255 e. The van der Waals surface area contributed by atoms with Crippen molar-refractivity contribution >= 4 is 0 Å². The molecule has 0 heterocycles. The first-order chi connectivity index (χ1) is 8.65. The van der Waals surface area contributed by atoms with Gasteiger partial charge in [0.15, 0.2) is 0 Å². The fourth-order valence-corrected chi connectivity index (χ4v) is 1.47.